The predicted octanol–water partition coefficient (Wildman–Crippen LogP) is 2.07. The van der Waals surface area contributed by atoms with Gasteiger partial charge in [0.15, 0.2) is 5.69 Å². The van der Waals surface area contributed by atoms with Crippen LogP contribution < -0.4 is 5.14 Å². The number of aryl methyl sites for hydroxylation is 1. The summed E-state index contributed by atoms with van der Waals surface area (Å²) in [4.78, 5) is 12.3. The van der Waals surface area contributed by atoms with E-state index in [9.17, 15) is 13.2 Å². The normalized spacial score (nSPS) is 11.4. The first-order valence-electron chi connectivity index (χ1n) is 8.14. The number of benzene rings is 2. The SMILES string of the molecule is CCOC(=O)c1nnn(-c2ccc(S(N)(=O)=O)cc2)c1-c1ccc(C)cc1. The first-order chi connectivity index (χ1) is 12.8. The van der Waals surface area contributed by atoms with Crippen molar-refractivity contribution in [3.63, 3.8) is 0 Å². The van der Waals surface area contributed by atoms with E-state index in [4.69, 9.17) is 9.88 Å². The van der Waals surface area contributed by atoms with E-state index < -0.39 is 16.0 Å². The highest BCUT2D eigenvalue weighted by atomic mass is 32.2. The van der Waals surface area contributed by atoms with E-state index in [1.807, 2.05) is 31.2 Å². The highest BCUT2D eigenvalue weighted by molar-refractivity contribution is 7.89. The van der Waals surface area contributed by atoms with Crippen LogP contribution in [0.2, 0.25) is 0 Å². The van der Waals surface area contributed by atoms with Crippen molar-refractivity contribution < 1.29 is 17.9 Å². The lowest BCUT2D eigenvalue weighted by molar-refractivity contribution is 0.0520. The van der Waals surface area contributed by atoms with E-state index in [0.29, 0.717) is 11.4 Å². The van der Waals surface area contributed by atoms with Crippen LogP contribution in [-0.4, -0.2) is 36.0 Å². The Labute approximate surface area is 156 Å². The van der Waals surface area contributed by atoms with Crippen molar-refractivity contribution in [3.05, 3.63) is 59.8 Å². The second-order valence-corrected chi connectivity index (χ2v) is 7.39. The second kappa shape index (κ2) is 7.29. The molecule has 2 aromatic carbocycles. The number of aromatic nitrogens is 3. The van der Waals surface area contributed by atoms with Crippen LogP contribution in [0.1, 0.15) is 23.0 Å². The van der Waals surface area contributed by atoms with E-state index in [1.165, 1.54) is 16.8 Å². The quantitative estimate of drug-likeness (QED) is 0.671. The first-order valence-corrected chi connectivity index (χ1v) is 9.69. The minimum absolute atomic E-state index is 0.0196. The average molecular weight is 386 g/mol. The van der Waals surface area contributed by atoms with Gasteiger partial charge < -0.3 is 4.74 Å². The summed E-state index contributed by atoms with van der Waals surface area (Å²) >= 11 is 0. The lowest BCUT2D eigenvalue weighted by Crippen LogP contribution is -2.12. The molecule has 0 atom stereocenters. The fourth-order valence-electron chi connectivity index (χ4n) is 2.55. The largest absolute Gasteiger partial charge is 0.461 e. The third-order valence-electron chi connectivity index (χ3n) is 3.87. The molecular weight excluding hydrogens is 368 g/mol. The van der Waals surface area contributed by atoms with Gasteiger partial charge in [-0.05, 0) is 38.1 Å². The Kier molecular flexibility index (Phi) is 5.06. The van der Waals surface area contributed by atoms with Crippen molar-refractivity contribution in [1.82, 2.24) is 15.0 Å². The molecule has 0 radical (unpaired) electrons. The second-order valence-electron chi connectivity index (χ2n) is 5.82. The van der Waals surface area contributed by atoms with Gasteiger partial charge in [-0.1, -0.05) is 35.0 Å². The number of hydrogen-bond donors (Lipinski definition) is 1. The molecular formula is C18H18N4O4S. The maximum atomic E-state index is 12.3. The summed E-state index contributed by atoms with van der Waals surface area (Å²) in [6.07, 6.45) is 0. The van der Waals surface area contributed by atoms with E-state index >= 15 is 0 Å². The van der Waals surface area contributed by atoms with Gasteiger partial charge in [-0.15, -0.1) is 5.10 Å². The summed E-state index contributed by atoms with van der Waals surface area (Å²) in [6.45, 7) is 3.87. The van der Waals surface area contributed by atoms with Crippen LogP contribution in [0.3, 0.4) is 0 Å². The Morgan fingerprint density at radius 1 is 1.11 bits per heavy atom. The molecule has 0 aliphatic carbocycles. The number of rotatable bonds is 5. The number of primary sulfonamides is 1. The Balaban J connectivity index is 2.15. The summed E-state index contributed by atoms with van der Waals surface area (Å²) < 4.78 is 29.4. The number of carbonyl (C=O) groups excluding carboxylic acids is 1. The fraction of sp³-hybridized carbons (Fsp3) is 0.167. The van der Waals surface area contributed by atoms with E-state index in [2.05, 4.69) is 10.3 Å². The molecule has 0 fully saturated rings. The summed E-state index contributed by atoms with van der Waals surface area (Å²) in [7, 11) is -3.80. The summed E-state index contributed by atoms with van der Waals surface area (Å²) in [5, 5.41) is 13.2. The lowest BCUT2D eigenvalue weighted by atomic mass is 10.1. The van der Waals surface area contributed by atoms with Crippen molar-refractivity contribution >= 4 is 16.0 Å². The van der Waals surface area contributed by atoms with Crippen LogP contribution in [0.4, 0.5) is 0 Å². The number of ether oxygens (including phenoxy) is 1. The van der Waals surface area contributed by atoms with Crippen LogP contribution in [0.15, 0.2) is 53.4 Å². The zero-order chi connectivity index (χ0) is 19.6. The molecule has 0 spiro atoms. The van der Waals surface area contributed by atoms with Gasteiger partial charge in [-0.2, -0.15) is 0 Å². The van der Waals surface area contributed by atoms with Gasteiger partial charge >= 0.3 is 5.97 Å². The number of sulfonamides is 1. The molecule has 0 bridgehead atoms. The van der Waals surface area contributed by atoms with Crippen LogP contribution >= 0.6 is 0 Å². The third-order valence-corrected chi connectivity index (χ3v) is 4.80. The predicted molar refractivity (Wildman–Crippen MR) is 98.9 cm³/mol. The van der Waals surface area contributed by atoms with Gasteiger partial charge in [-0.25, -0.2) is 23.0 Å². The summed E-state index contributed by atoms with van der Waals surface area (Å²) in [6, 6.07) is 13.3. The minimum atomic E-state index is -3.80. The summed E-state index contributed by atoms with van der Waals surface area (Å²) in [5.74, 6) is -0.583. The highest BCUT2D eigenvalue weighted by Gasteiger charge is 2.23. The topological polar surface area (TPSA) is 117 Å². The molecule has 0 saturated carbocycles. The van der Waals surface area contributed by atoms with Gasteiger partial charge in [0.2, 0.25) is 10.0 Å². The standard InChI is InChI=1S/C18H18N4O4S/c1-3-26-18(23)16-17(13-6-4-12(2)5-7-13)22(21-20-16)14-8-10-15(11-9-14)27(19,24)25/h4-11H,3H2,1-2H3,(H2,19,24,25). The zero-order valence-electron chi connectivity index (χ0n) is 14.8. The average Bonchev–Trinajstić information content (AvgIpc) is 3.07. The molecule has 1 aromatic heterocycles. The molecule has 3 aromatic rings. The summed E-state index contributed by atoms with van der Waals surface area (Å²) in [5.41, 5.74) is 2.85. The Morgan fingerprint density at radius 2 is 1.74 bits per heavy atom. The van der Waals surface area contributed by atoms with Gasteiger partial charge in [-0.3, -0.25) is 0 Å². The minimum Gasteiger partial charge on any atom is -0.461 e. The lowest BCUT2D eigenvalue weighted by Gasteiger charge is -2.09. The van der Waals surface area contributed by atoms with E-state index in [-0.39, 0.29) is 17.2 Å². The van der Waals surface area contributed by atoms with Crippen LogP contribution in [0.25, 0.3) is 16.9 Å². The van der Waals surface area contributed by atoms with Crippen molar-refractivity contribution in [3.8, 4) is 16.9 Å². The molecule has 2 N–H and O–H groups in total. The molecule has 140 valence electrons. The molecule has 1 heterocycles. The van der Waals surface area contributed by atoms with E-state index in [1.54, 1.807) is 19.1 Å². The molecule has 9 heteroatoms. The van der Waals surface area contributed by atoms with Gasteiger partial charge in [0.25, 0.3) is 0 Å². The molecule has 3 rings (SSSR count). The Hall–Kier alpha value is -3.04. The zero-order valence-corrected chi connectivity index (χ0v) is 15.6. The molecule has 0 aliphatic heterocycles. The van der Waals surface area contributed by atoms with Gasteiger partial charge in [0, 0.05) is 5.56 Å². The number of hydrogen-bond acceptors (Lipinski definition) is 6. The van der Waals surface area contributed by atoms with Crippen LogP contribution in [0.5, 0.6) is 0 Å². The number of nitrogens with zero attached hydrogens (tertiary/aromatic N) is 3. The van der Waals surface area contributed by atoms with Crippen molar-refractivity contribution in [2.24, 2.45) is 5.14 Å². The Morgan fingerprint density at radius 3 is 2.30 bits per heavy atom. The van der Waals surface area contributed by atoms with Crippen LogP contribution in [-0.2, 0) is 14.8 Å². The van der Waals surface area contributed by atoms with Gasteiger partial charge in [0.05, 0.1) is 17.2 Å². The number of carbonyl (C=O) groups is 1. The molecule has 27 heavy (non-hydrogen) atoms. The Bertz CT molecular complexity index is 1070. The van der Waals surface area contributed by atoms with Crippen molar-refractivity contribution in [2.45, 2.75) is 18.7 Å². The molecule has 0 amide bonds. The number of nitrogens with two attached hydrogens (primary N) is 1. The van der Waals surface area contributed by atoms with Crippen molar-refractivity contribution in [1.29, 1.82) is 0 Å². The monoisotopic (exact) mass is 386 g/mol. The van der Waals surface area contributed by atoms with E-state index in [0.717, 1.165) is 11.1 Å². The van der Waals surface area contributed by atoms with Crippen LogP contribution in [0, 0.1) is 6.92 Å². The first kappa shape index (κ1) is 18.7. The fourth-order valence-corrected chi connectivity index (χ4v) is 3.06. The molecule has 0 saturated heterocycles. The third kappa shape index (κ3) is 3.88. The number of esters is 1. The smallest absolute Gasteiger partial charge is 0.361 e. The molecule has 8 nitrogen and oxygen atoms in total. The highest BCUT2D eigenvalue weighted by Crippen LogP contribution is 2.26. The molecule has 0 unspecified atom stereocenters. The van der Waals surface area contributed by atoms with Gasteiger partial charge in [0.1, 0.15) is 5.69 Å². The molecule has 0 aliphatic rings. The maximum Gasteiger partial charge on any atom is 0.361 e. The maximum absolute atomic E-state index is 12.3. The van der Waals surface area contributed by atoms with Crippen molar-refractivity contribution in [2.75, 3.05) is 6.61 Å².